The fourth-order valence-corrected chi connectivity index (χ4v) is 5.18. The van der Waals surface area contributed by atoms with Crippen molar-refractivity contribution in [2.75, 3.05) is 13.2 Å². The number of hydrogen-bond acceptors (Lipinski definition) is 5. The number of rotatable bonds is 9. The first-order valence-electron chi connectivity index (χ1n) is 13.0. The Balaban J connectivity index is 1.50. The van der Waals surface area contributed by atoms with E-state index in [0.717, 1.165) is 16.7 Å². The number of benzene rings is 3. The van der Waals surface area contributed by atoms with Gasteiger partial charge < -0.3 is 23.7 Å². The van der Waals surface area contributed by atoms with Crippen LogP contribution in [0.1, 0.15) is 44.4 Å². The zero-order valence-electron chi connectivity index (χ0n) is 22.0. The summed E-state index contributed by atoms with van der Waals surface area (Å²) in [6.07, 6.45) is 0.539. The van der Waals surface area contributed by atoms with E-state index in [0.29, 0.717) is 6.61 Å². The molecule has 0 saturated carbocycles. The van der Waals surface area contributed by atoms with Gasteiger partial charge in [-0.2, -0.15) is 0 Å². The lowest BCUT2D eigenvalue weighted by molar-refractivity contribution is -0.226. The highest BCUT2D eigenvalue weighted by atomic mass is 16.8. The maximum absolute atomic E-state index is 7.02. The second-order valence-electron chi connectivity index (χ2n) is 10.3. The average Bonchev–Trinajstić information content (AvgIpc) is 3.37. The fraction of sp³-hybridized carbons (Fsp3) is 0.375. The summed E-state index contributed by atoms with van der Waals surface area (Å²) in [6.45, 7) is 8.69. The molecular weight excluding hydrogens is 464 g/mol. The summed E-state index contributed by atoms with van der Waals surface area (Å²) in [4.78, 5) is 0. The van der Waals surface area contributed by atoms with Crippen molar-refractivity contribution in [3.05, 3.63) is 119 Å². The molecule has 0 unspecified atom stereocenters. The highest BCUT2D eigenvalue weighted by molar-refractivity contribution is 5.47. The van der Waals surface area contributed by atoms with Crippen molar-refractivity contribution in [1.29, 1.82) is 0 Å². The Morgan fingerprint density at radius 3 is 1.81 bits per heavy atom. The van der Waals surface area contributed by atoms with Gasteiger partial charge in [0.1, 0.15) is 23.9 Å². The van der Waals surface area contributed by atoms with Gasteiger partial charge in [-0.15, -0.1) is 0 Å². The van der Waals surface area contributed by atoms with Crippen LogP contribution in [0.3, 0.4) is 0 Å². The van der Waals surface area contributed by atoms with Crippen LogP contribution in [0.4, 0.5) is 0 Å². The molecule has 2 heterocycles. The minimum atomic E-state index is -0.837. The Morgan fingerprint density at radius 1 is 0.811 bits per heavy atom. The van der Waals surface area contributed by atoms with Gasteiger partial charge >= 0.3 is 0 Å². The van der Waals surface area contributed by atoms with Gasteiger partial charge in [0, 0.05) is 0 Å². The minimum Gasteiger partial charge on any atom is -0.368 e. The normalized spacial score (nSPS) is 24.5. The van der Waals surface area contributed by atoms with E-state index in [-0.39, 0.29) is 24.9 Å². The Labute approximate surface area is 220 Å². The second-order valence-corrected chi connectivity index (χ2v) is 10.3. The fourth-order valence-electron chi connectivity index (χ4n) is 5.18. The molecule has 2 aliphatic rings. The lowest BCUT2D eigenvalue weighted by atomic mass is 9.80. The number of fused-ring (bicyclic) bond motifs is 1. The van der Waals surface area contributed by atoms with Crippen molar-refractivity contribution in [3.8, 4) is 0 Å². The predicted octanol–water partition coefficient (Wildman–Crippen LogP) is 6.22. The molecule has 0 N–H and O–H groups in total. The molecule has 2 fully saturated rings. The van der Waals surface area contributed by atoms with E-state index in [4.69, 9.17) is 23.7 Å². The van der Waals surface area contributed by atoms with Crippen LogP contribution in [0.5, 0.6) is 0 Å². The molecule has 2 aliphatic heterocycles. The van der Waals surface area contributed by atoms with Crippen LogP contribution < -0.4 is 0 Å². The molecule has 0 bridgehead atoms. The van der Waals surface area contributed by atoms with Crippen molar-refractivity contribution >= 4 is 0 Å². The summed E-state index contributed by atoms with van der Waals surface area (Å²) in [5.41, 5.74) is 3.49. The maximum atomic E-state index is 7.02. The highest BCUT2D eigenvalue weighted by Crippen LogP contribution is 2.43. The first-order valence-corrected chi connectivity index (χ1v) is 13.0. The lowest BCUT2D eigenvalue weighted by Crippen LogP contribution is -2.42. The molecule has 37 heavy (non-hydrogen) atoms. The van der Waals surface area contributed by atoms with Crippen molar-refractivity contribution in [1.82, 2.24) is 0 Å². The Hall–Kier alpha value is -2.80. The van der Waals surface area contributed by atoms with Gasteiger partial charge in [0.25, 0.3) is 0 Å². The van der Waals surface area contributed by atoms with E-state index in [1.165, 1.54) is 5.57 Å². The predicted molar refractivity (Wildman–Crippen MR) is 143 cm³/mol. The zero-order chi connectivity index (χ0) is 25.9. The van der Waals surface area contributed by atoms with Gasteiger partial charge in [-0.05, 0) is 44.4 Å². The van der Waals surface area contributed by atoms with E-state index in [1.54, 1.807) is 0 Å². The first kappa shape index (κ1) is 25.8. The van der Waals surface area contributed by atoms with E-state index >= 15 is 0 Å². The van der Waals surface area contributed by atoms with Gasteiger partial charge in [0.2, 0.25) is 0 Å². The van der Waals surface area contributed by atoms with Crippen LogP contribution in [0.25, 0.3) is 0 Å². The molecule has 0 aromatic heterocycles. The van der Waals surface area contributed by atoms with Gasteiger partial charge in [-0.1, -0.05) is 103 Å². The smallest absolute Gasteiger partial charge is 0.190 e. The molecule has 5 rings (SSSR count). The summed E-state index contributed by atoms with van der Waals surface area (Å²) in [7, 11) is 0. The monoisotopic (exact) mass is 500 g/mol. The minimum absolute atomic E-state index is 0.290. The summed E-state index contributed by atoms with van der Waals surface area (Å²) < 4.78 is 32.0. The third-order valence-electron chi connectivity index (χ3n) is 6.87. The zero-order valence-corrected chi connectivity index (χ0v) is 22.0. The van der Waals surface area contributed by atoms with Crippen LogP contribution in [0.15, 0.2) is 103 Å². The molecule has 0 spiro atoms. The Bertz CT molecular complexity index is 1070. The molecule has 3 aromatic carbocycles. The van der Waals surface area contributed by atoms with Crippen LogP contribution in [0, 0.1) is 0 Å². The molecule has 0 amide bonds. The van der Waals surface area contributed by atoms with Crippen LogP contribution in [-0.4, -0.2) is 43.6 Å². The topological polar surface area (TPSA) is 46.2 Å². The summed E-state index contributed by atoms with van der Waals surface area (Å²) in [5.74, 6) is -0.721. The summed E-state index contributed by atoms with van der Waals surface area (Å²) in [6, 6.07) is 31.0. The maximum Gasteiger partial charge on any atom is 0.190 e. The van der Waals surface area contributed by atoms with Crippen LogP contribution in [0.2, 0.25) is 0 Å². The SMILES string of the molecule is CC(C)=CCO[C@@H]1[C@H]2OC(C)(C)O[C@H]2O[C@@H]1COC(c1ccccc1)(c1ccccc1)c1ccccc1. The third kappa shape index (κ3) is 5.42. The molecule has 2 saturated heterocycles. The van der Waals surface area contributed by atoms with Crippen LogP contribution in [-0.2, 0) is 29.3 Å². The molecule has 4 atom stereocenters. The third-order valence-corrected chi connectivity index (χ3v) is 6.87. The molecule has 5 heteroatoms. The van der Waals surface area contributed by atoms with Gasteiger partial charge in [-0.25, -0.2) is 0 Å². The van der Waals surface area contributed by atoms with Gasteiger partial charge in [0.05, 0.1) is 13.2 Å². The quantitative estimate of drug-likeness (QED) is 0.258. The number of hydrogen-bond donors (Lipinski definition) is 0. The van der Waals surface area contributed by atoms with Gasteiger partial charge in [0.15, 0.2) is 12.1 Å². The van der Waals surface area contributed by atoms with Crippen LogP contribution >= 0.6 is 0 Å². The molecule has 194 valence electrons. The summed E-state index contributed by atoms with van der Waals surface area (Å²) >= 11 is 0. The summed E-state index contributed by atoms with van der Waals surface area (Å²) in [5, 5.41) is 0. The molecule has 5 nitrogen and oxygen atoms in total. The lowest BCUT2D eigenvalue weighted by Gasteiger charge is -2.37. The van der Waals surface area contributed by atoms with Crippen molar-refractivity contribution in [2.45, 2.75) is 63.7 Å². The molecule has 0 radical (unpaired) electrons. The van der Waals surface area contributed by atoms with Gasteiger partial charge in [-0.3, -0.25) is 0 Å². The van der Waals surface area contributed by atoms with E-state index in [1.807, 2.05) is 68.4 Å². The molecule has 3 aromatic rings. The van der Waals surface area contributed by atoms with Crippen molar-refractivity contribution in [2.24, 2.45) is 0 Å². The Morgan fingerprint density at radius 2 is 1.32 bits per heavy atom. The van der Waals surface area contributed by atoms with E-state index < -0.39 is 17.7 Å². The van der Waals surface area contributed by atoms with Crippen molar-refractivity contribution < 1.29 is 23.7 Å². The number of allylic oxidation sites excluding steroid dienone is 1. The number of ether oxygens (including phenoxy) is 5. The first-order chi connectivity index (χ1) is 17.9. The molecule has 0 aliphatic carbocycles. The van der Waals surface area contributed by atoms with E-state index in [2.05, 4.69) is 56.3 Å². The largest absolute Gasteiger partial charge is 0.368 e. The molecular formula is C32H36O5. The highest BCUT2D eigenvalue weighted by Gasteiger charge is 2.56. The van der Waals surface area contributed by atoms with Crippen molar-refractivity contribution in [3.63, 3.8) is 0 Å². The standard InChI is InChI=1S/C32H36O5/c1-23(2)20-21-33-28-27(35-30-29(28)36-31(3,4)37-30)22-34-32(24-14-8-5-9-15-24,25-16-10-6-11-17-25)26-18-12-7-13-19-26/h5-20,27-30H,21-22H2,1-4H3/t27-,28+,29-,30-/m1/s1. The second kappa shape index (κ2) is 10.9. The average molecular weight is 501 g/mol. The Kier molecular flexibility index (Phi) is 7.61. The van der Waals surface area contributed by atoms with E-state index in [9.17, 15) is 0 Å².